The average molecular weight is 1480 g/mol. The summed E-state index contributed by atoms with van der Waals surface area (Å²) in [7, 11) is -9.91. The van der Waals surface area contributed by atoms with Crippen molar-refractivity contribution in [3.63, 3.8) is 0 Å². The van der Waals surface area contributed by atoms with E-state index in [1.54, 1.807) is 0 Å². The molecule has 0 aliphatic carbocycles. The number of ether oxygens (including phenoxy) is 4. The van der Waals surface area contributed by atoms with Crippen LogP contribution in [0, 0.1) is 11.8 Å². The van der Waals surface area contributed by atoms with Gasteiger partial charge in [0.15, 0.2) is 12.2 Å². The maximum absolute atomic E-state index is 13.1. The van der Waals surface area contributed by atoms with E-state index in [0.29, 0.717) is 25.7 Å². The molecule has 0 saturated heterocycles. The van der Waals surface area contributed by atoms with Crippen LogP contribution in [0.5, 0.6) is 0 Å². The van der Waals surface area contributed by atoms with Crippen LogP contribution in [0.4, 0.5) is 0 Å². The lowest BCUT2D eigenvalue weighted by Crippen LogP contribution is -2.30. The van der Waals surface area contributed by atoms with Crippen molar-refractivity contribution in [1.29, 1.82) is 0 Å². The Bertz CT molecular complexity index is 1940. The maximum Gasteiger partial charge on any atom is 0.472 e. The van der Waals surface area contributed by atoms with Crippen molar-refractivity contribution in [3.05, 3.63) is 0 Å². The normalized spacial score (nSPS) is 14.2. The first kappa shape index (κ1) is 99.1. The van der Waals surface area contributed by atoms with E-state index in [1.165, 1.54) is 244 Å². The van der Waals surface area contributed by atoms with Gasteiger partial charge in [-0.1, -0.05) is 382 Å². The first-order chi connectivity index (χ1) is 48.9. The number of phosphoric ester groups is 2. The number of esters is 4. The number of phosphoric acid groups is 2. The molecule has 0 aliphatic rings. The molecule has 0 rings (SSSR count). The van der Waals surface area contributed by atoms with Crippen LogP contribution >= 0.6 is 15.6 Å². The van der Waals surface area contributed by atoms with Crippen LogP contribution in [-0.4, -0.2) is 96.7 Å². The summed E-state index contributed by atoms with van der Waals surface area (Å²) in [6, 6.07) is 0. The van der Waals surface area contributed by atoms with E-state index in [2.05, 4.69) is 41.5 Å². The number of aliphatic hydroxyl groups excluding tert-OH is 1. The topological polar surface area (TPSA) is 237 Å². The maximum atomic E-state index is 13.1. The van der Waals surface area contributed by atoms with E-state index in [0.717, 1.165) is 108 Å². The van der Waals surface area contributed by atoms with Crippen molar-refractivity contribution in [3.8, 4) is 0 Å². The highest BCUT2D eigenvalue weighted by Crippen LogP contribution is 2.45. The number of carbonyl (C=O) groups is 4. The van der Waals surface area contributed by atoms with Gasteiger partial charge in [0.1, 0.15) is 19.3 Å². The molecule has 0 heterocycles. The summed E-state index contributed by atoms with van der Waals surface area (Å²) in [5, 5.41) is 10.6. The molecule has 6 atom stereocenters. The lowest BCUT2D eigenvalue weighted by atomic mass is 9.99. The second-order valence-electron chi connectivity index (χ2n) is 30.2. The molecular formula is C82H160O17P2. The smallest absolute Gasteiger partial charge is 0.462 e. The molecular weight excluding hydrogens is 1320 g/mol. The zero-order chi connectivity index (χ0) is 74.2. The summed E-state index contributed by atoms with van der Waals surface area (Å²) < 4.78 is 68.6. The monoisotopic (exact) mass is 1480 g/mol. The first-order valence-corrected chi connectivity index (χ1v) is 45.5. The van der Waals surface area contributed by atoms with Gasteiger partial charge < -0.3 is 33.8 Å². The molecule has 0 aliphatic heterocycles. The van der Waals surface area contributed by atoms with Crippen molar-refractivity contribution in [2.45, 2.75) is 452 Å². The highest BCUT2D eigenvalue weighted by molar-refractivity contribution is 7.47. The molecule has 600 valence electrons. The minimum absolute atomic E-state index is 0.107. The number of aliphatic hydroxyl groups is 1. The molecule has 0 amide bonds. The van der Waals surface area contributed by atoms with E-state index < -0.39 is 97.5 Å². The van der Waals surface area contributed by atoms with Crippen LogP contribution in [0.15, 0.2) is 0 Å². The predicted molar refractivity (Wildman–Crippen MR) is 414 cm³/mol. The minimum Gasteiger partial charge on any atom is -0.462 e. The second-order valence-corrected chi connectivity index (χ2v) is 33.1. The Hall–Kier alpha value is -1.94. The van der Waals surface area contributed by atoms with Gasteiger partial charge in [0.2, 0.25) is 0 Å². The van der Waals surface area contributed by atoms with Crippen LogP contribution in [0.1, 0.15) is 433 Å². The molecule has 0 aromatic rings. The van der Waals surface area contributed by atoms with Gasteiger partial charge in [-0.2, -0.15) is 0 Å². The van der Waals surface area contributed by atoms with Gasteiger partial charge in [-0.05, 0) is 37.5 Å². The van der Waals surface area contributed by atoms with Gasteiger partial charge in [0.05, 0.1) is 26.4 Å². The molecule has 101 heavy (non-hydrogen) atoms. The Kier molecular flexibility index (Phi) is 72.2. The summed E-state index contributed by atoms with van der Waals surface area (Å²) in [6.45, 7) is 9.70. The molecule has 0 saturated carbocycles. The van der Waals surface area contributed by atoms with E-state index in [1.807, 2.05) is 0 Å². The largest absolute Gasteiger partial charge is 0.472 e. The van der Waals surface area contributed by atoms with Crippen LogP contribution in [0.25, 0.3) is 0 Å². The molecule has 17 nitrogen and oxygen atoms in total. The summed E-state index contributed by atoms with van der Waals surface area (Å²) >= 11 is 0. The fourth-order valence-electron chi connectivity index (χ4n) is 12.7. The summed E-state index contributed by atoms with van der Waals surface area (Å²) in [6.07, 6.45) is 64.0. The van der Waals surface area contributed by atoms with Gasteiger partial charge in [0, 0.05) is 25.7 Å². The Labute approximate surface area is 619 Å². The van der Waals surface area contributed by atoms with E-state index >= 15 is 0 Å². The molecule has 3 N–H and O–H groups in total. The fourth-order valence-corrected chi connectivity index (χ4v) is 14.3. The predicted octanol–water partition coefficient (Wildman–Crippen LogP) is 24.7. The summed E-state index contributed by atoms with van der Waals surface area (Å²) in [5.74, 6) is -0.418. The van der Waals surface area contributed by atoms with Gasteiger partial charge in [-0.15, -0.1) is 0 Å². The SMILES string of the molecule is CCCCCCCCCCCCC(=O)O[C@H](COC(=O)CCCCCCCCCC)COP(=O)(O)OC[C@H](O)COP(=O)(O)OC[C@@H](COC(=O)CCCCCCCCCCCCCCCCCCCCC(C)C)OC(=O)CCCCCCCCCCCCCCCCCCCCC(C)CC. The fraction of sp³-hybridized carbons (Fsp3) is 0.951. The highest BCUT2D eigenvalue weighted by Gasteiger charge is 2.30. The lowest BCUT2D eigenvalue weighted by Gasteiger charge is -2.21. The lowest BCUT2D eigenvalue weighted by molar-refractivity contribution is -0.161. The molecule has 0 radical (unpaired) electrons. The zero-order valence-corrected chi connectivity index (χ0v) is 68.0. The van der Waals surface area contributed by atoms with Crippen LogP contribution in [-0.2, 0) is 65.4 Å². The summed E-state index contributed by atoms with van der Waals surface area (Å²) in [4.78, 5) is 72.8. The third-order valence-corrected chi connectivity index (χ3v) is 21.5. The van der Waals surface area contributed by atoms with E-state index in [4.69, 9.17) is 37.0 Å². The Balaban J connectivity index is 5.14. The molecule has 3 unspecified atom stereocenters. The molecule has 0 bridgehead atoms. The van der Waals surface area contributed by atoms with Crippen molar-refractivity contribution in [2.24, 2.45) is 11.8 Å². The van der Waals surface area contributed by atoms with Gasteiger partial charge in [0.25, 0.3) is 0 Å². The molecule has 19 heteroatoms. The molecule has 0 fully saturated rings. The number of unbranched alkanes of at least 4 members (excludes halogenated alkanes) is 50. The number of rotatable bonds is 81. The molecule has 0 spiro atoms. The van der Waals surface area contributed by atoms with Crippen LogP contribution in [0.2, 0.25) is 0 Å². The average Bonchev–Trinajstić information content (AvgIpc) is 0.970. The van der Waals surface area contributed by atoms with Crippen molar-refractivity contribution in [2.75, 3.05) is 39.6 Å². The highest BCUT2D eigenvalue weighted by atomic mass is 31.2. The third-order valence-electron chi connectivity index (χ3n) is 19.6. The molecule has 0 aromatic carbocycles. The van der Waals surface area contributed by atoms with E-state index in [-0.39, 0.29) is 25.7 Å². The van der Waals surface area contributed by atoms with Gasteiger partial charge in [-0.3, -0.25) is 37.3 Å². The molecule has 0 aromatic heterocycles. The number of hydrogen-bond acceptors (Lipinski definition) is 15. The first-order valence-electron chi connectivity index (χ1n) is 42.5. The Morgan fingerprint density at radius 3 is 0.752 bits per heavy atom. The quantitative estimate of drug-likeness (QED) is 0.0222. The van der Waals surface area contributed by atoms with Crippen molar-refractivity contribution >= 4 is 39.5 Å². The number of carbonyl (C=O) groups excluding carboxylic acids is 4. The van der Waals surface area contributed by atoms with Gasteiger partial charge in [-0.25, -0.2) is 9.13 Å². The standard InChI is InChI=1S/C82H160O17P2/c1-7-10-12-14-16-18-41-48-54-60-66-81(86)98-77(70-92-79(84)64-58-52-46-17-15-13-11-8-2)72-96-100(88,89)94-68-76(83)69-95-101(90,91)97-73-78(71-93-80(85)65-59-53-47-42-37-33-29-25-21-19-23-27-31-35-39-44-50-56-62-74(4)5)99-82(87)67-61-55-49-43-38-34-30-26-22-20-24-28-32-36-40-45-51-57-63-75(6)9-3/h74-78,83H,7-73H2,1-6H3,(H,88,89)(H,90,91)/t75?,76-,77+,78+/m0/s1. The third kappa shape index (κ3) is 74.7. The Morgan fingerprint density at radius 1 is 0.287 bits per heavy atom. The van der Waals surface area contributed by atoms with Crippen molar-refractivity contribution < 1.29 is 80.2 Å². The van der Waals surface area contributed by atoms with Gasteiger partial charge >= 0.3 is 39.5 Å². The number of hydrogen-bond donors (Lipinski definition) is 3. The minimum atomic E-state index is -4.96. The van der Waals surface area contributed by atoms with E-state index in [9.17, 15) is 43.2 Å². The van der Waals surface area contributed by atoms with Crippen LogP contribution < -0.4 is 0 Å². The Morgan fingerprint density at radius 2 is 0.505 bits per heavy atom. The zero-order valence-electron chi connectivity index (χ0n) is 66.2. The van der Waals surface area contributed by atoms with Crippen LogP contribution in [0.3, 0.4) is 0 Å². The van der Waals surface area contributed by atoms with Crippen molar-refractivity contribution in [1.82, 2.24) is 0 Å². The summed E-state index contributed by atoms with van der Waals surface area (Å²) in [5.41, 5.74) is 0. The second kappa shape index (κ2) is 73.6.